The number of amides is 1. The molecule has 150 valence electrons. The molecule has 0 saturated carbocycles. The van der Waals surface area contributed by atoms with Gasteiger partial charge in [-0.1, -0.05) is 35.3 Å². The van der Waals surface area contributed by atoms with E-state index in [1.807, 2.05) is 12.1 Å². The average molecular weight is 432 g/mol. The summed E-state index contributed by atoms with van der Waals surface area (Å²) in [4.78, 5) is 14.8. The number of halogens is 2. The molecule has 1 aliphatic heterocycles. The lowest BCUT2D eigenvalue weighted by atomic mass is 9.95. The normalized spacial score (nSPS) is 15.8. The molecule has 0 unspecified atom stereocenters. The fourth-order valence-corrected chi connectivity index (χ4v) is 4.01. The van der Waals surface area contributed by atoms with Gasteiger partial charge in [0.25, 0.3) is 5.91 Å². The summed E-state index contributed by atoms with van der Waals surface area (Å²) in [6, 6.07) is 10.1. The second-order valence-electron chi connectivity index (χ2n) is 7.01. The van der Waals surface area contributed by atoms with Crippen LogP contribution >= 0.6 is 23.2 Å². The highest BCUT2D eigenvalue weighted by Crippen LogP contribution is 2.45. The maximum Gasteiger partial charge on any atom is 0.273 e. The Morgan fingerprint density at radius 1 is 1.21 bits per heavy atom. The van der Waals surface area contributed by atoms with Crippen molar-refractivity contribution in [2.24, 2.45) is 0 Å². The Morgan fingerprint density at radius 2 is 1.93 bits per heavy atom. The largest absolute Gasteiger partial charge is 0.507 e. The number of aryl methyl sites for hydroxylation is 1. The average Bonchev–Trinajstić information content (AvgIpc) is 3.23. The second kappa shape index (κ2) is 7.71. The van der Waals surface area contributed by atoms with E-state index in [1.54, 1.807) is 36.1 Å². The first-order chi connectivity index (χ1) is 13.9. The fourth-order valence-electron chi connectivity index (χ4n) is 3.72. The molecule has 0 bridgehead atoms. The maximum absolute atomic E-state index is 13.1. The number of fused-ring (bicyclic) bond motifs is 1. The number of carbonyl (C=O) groups is 1. The van der Waals surface area contributed by atoms with E-state index < -0.39 is 6.04 Å². The lowest BCUT2D eigenvalue weighted by molar-refractivity contribution is 0.0732. The molecule has 6 nitrogen and oxygen atoms in total. The monoisotopic (exact) mass is 431 g/mol. The Bertz CT molecular complexity index is 1080. The number of hydrogen-bond acceptors (Lipinski definition) is 4. The highest BCUT2D eigenvalue weighted by Gasteiger charge is 2.42. The van der Waals surface area contributed by atoms with E-state index in [1.165, 1.54) is 0 Å². The number of phenols is 1. The van der Waals surface area contributed by atoms with Crippen molar-refractivity contribution in [3.8, 4) is 17.0 Å². The quantitative estimate of drug-likeness (QED) is 0.560. The number of nitrogens with one attached hydrogen (secondary N) is 1. The van der Waals surface area contributed by atoms with Crippen LogP contribution in [0.3, 0.4) is 0 Å². The van der Waals surface area contributed by atoms with Gasteiger partial charge < -0.3 is 15.1 Å². The van der Waals surface area contributed by atoms with Gasteiger partial charge in [-0.2, -0.15) is 5.10 Å². The van der Waals surface area contributed by atoms with E-state index in [-0.39, 0.29) is 18.3 Å². The van der Waals surface area contributed by atoms with Gasteiger partial charge in [-0.25, -0.2) is 0 Å². The van der Waals surface area contributed by atoms with Crippen LogP contribution in [0, 0.1) is 6.92 Å². The minimum absolute atomic E-state index is 0.0233. The predicted molar refractivity (Wildman–Crippen MR) is 111 cm³/mol. The van der Waals surface area contributed by atoms with Crippen molar-refractivity contribution in [2.75, 3.05) is 13.2 Å². The van der Waals surface area contributed by atoms with E-state index >= 15 is 0 Å². The van der Waals surface area contributed by atoms with Gasteiger partial charge in [-0.05, 0) is 48.7 Å². The summed E-state index contributed by atoms with van der Waals surface area (Å²) in [6.07, 6.45) is 0.449. The number of phenolic OH excluding ortho intramolecular Hbond substituents is 1. The van der Waals surface area contributed by atoms with Crippen LogP contribution in [-0.4, -0.2) is 44.4 Å². The van der Waals surface area contributed by atoms with Crippen LogP contribution in [0.25, 0.3) is 11.3 Å². The number of benzene rings is 2. The van der Waals surface area contributed by atoms with Gasteiger partial charge in [0.05, 0.1) is 6.04 Å². The zero-order valence-corrected chi connectivity index (χ0v) is 17.1. The lowest BCUT2D eigenvalue weighted by Gasteiger charge is -2.26. The first kappa shape index (κ1) is 19.8. The number of hydrogen-bond donors (Lipinski definition) is 3. The Balaban J connectivity index is 1.89. The summed E-state index contributed by atoms with van der Waals surface area (Å²) in [6.45, 7) is 2.16. The molecule has 0 spiro atoms. The second-order valence-corrected chi connectivity index (χ2v) is 7.85. The molecule has 0 radical (unpaired) electrons. The number of rotatable bonds is 5. The Kier molecular flexibility index (Phi) is 5.25. The SMILES string of the molecule is Cc1cc(O)c(-c2n[nH]c3c2[C@@H](c2ccc(Cl)cc2)N(CCCO)C3=O)cc1Cl. The number of aromatic hydroxyl groups is 1. The molecular weight excluding hydrogens is 413 g/mol. The molecule has 1 aromatic heterocycles. The smallest absolute Gasteiger partial charge is 0.273 e. The molecular formula is C21H19Cl2N3O3. The Morgan fingerprint density at radius 3 is 2.62 bits per heavy atom. The number of aliphatic hydroxyl groups is 1. The molecule has 8 heteroatoms. The van der Waals surface area contributed by atoms with Gasteiger partial charge in [-0.3, -0.25) is 9.89 Å². The minimum atomic E-state index is -0.422. The van der Waals surface area contributed by atoms with Crippen LogP contribution in [0.5, 0.6) is 5.75 Å². The molecule has 1 atom stereocenters. The standard InChI is InChI=1S/C21H19Cl2N3O3/c1-11-9-16(28)14(10-15(11)23)18-17-19(25-24-18)21(29)26(7-2-8-27)20(17)12-3-5-13(22)6-4-12/h3-6,9-10,20,27-28H,2,7-8H2,1H3,(H,24,25)/t20-/m1/s1. The molecule has 0 fully saturated rings. The highest BCUT2D eigenvalue weighted by molar-refractivity contribution is 6.31. The van der Waals surface area contributed by atoms with Crippen molar-refractivity contribution in [2.45, 2.75) is 19.4 Å². The number of aliphatic hydroxyl groups excluding tert-OH is 1. The first-order valence-electron chi connectivity index (χ1n) is 9.17. The summed E-state index contributed by atoms with van der Waals surface area (Å²) in [5, 5.41) is 28.1. The van der Waals surface area contributed by atoms with Crippen molar-refractivity contribution >= 4 is 29.1 Å². The first-order valence-corrected chi connectivity index (χ1v) is 9.93. The third-order valence-corrected chi connectivity index (χ3v) is 5.80. The summed E-state index contributed by atoms with van der Waals surface area (Å²) >= 11 is 12.3. The van der Waals surface area contributed by atoms with Crippen molar-refractivity contribution in [1.82, 2.24) is 15.1 Å². The van der Waals surface area contributed by atoms with Crippen LogP contribution in [-0.2, 0) is 0 Å². The van der Waals surface area contributed by atoms with Crippen molar-refractivity contribution in [3.05, 3.63) is 68.8 Å². The number of aromatic nitrogens is 2. The number of H-pyrrole nitrogens is 1. The molecule has 29 heavy (non-hydrogen) atoms. The van der Waals surface area contributed by atoms with E-state index in [9.17, 15) is 15.0 Å². The summed E-state index contributed by atoms with van der Waals surface area (Å²) in [5.74, 6) is -0.165. The summed E-state index contributed by atoms with van der Waals surface area (Å²) < 4.78 is 0. The van der Waals surface area contributed by atoms with E-state index in [2.05, 4.69) is 10.2 Å². The number of aromatic amines is 1. The molecule has 0 saturated heterocycles. The van der Waals surface area contributed by atoms with Gasteiger partial charge in [0.1, 0.15) is 17.1 Å². The number of carbonyl (C=O) groups excluding carboxylic acids is 1. The topological polar surface area (TPSA) is 89.5 Å². The van der Waals surface area contributed by atoms with Crippen LogP contribution in [0.4, 0.5) is 0 Å². The maximum atomic E-state index is 13.1. The molecule has 4 rings (SSSR count). The molecule has 1 amide bonds. The zero-order valence-electron chi connectivity index (χ0n) is 15.6. The molecule has 1 aliphatic rings. The van der Waals surface area contributed by atoms with Crippen LogP contribution in [0.1, 0.15) is 39.6 Å². The van der Waals surface area contributed by atoms with Gasteiger partial charge in [0.15, 0.2) is 0 Å². The van der Waals surface area contributed by atoms with E-state index in [0.29, 0.717) is 45.5 Å². The van der Waals surface area contributed by atoms with Crippen molar-refractivity contribution in [1.29, 1.82) is 0 Å². The summed E-state index contributed by atoms with van der Waals surface area (Å²) in [5.41, 5.74) is 3.57. The third-order valence-electron chi connectivity index (χ3n) is 5.14. The van der Waals surface area contributed by atoms with Gasteiger partial charge in [0.2, 0.25) is 0 Å². The van der Waals surface area contributed by atoms with E-state index in [0.717, 1.165) is 11.1 Å². The van der Waals surface area contributed by atoms with E-state index in [4.69, 9.17) is 23.2 Å². The van der Waals surface area contributed by atoms with Gasteiger partial charge >= 0.3 is 0 Å². The molecule has 0 aliphatic carbocycles. The van der Waals surface area contributed by atoms with Crippen LogP contribution < -0.4 is 0 Å². The van der Waals surface area contributed by atoms with Crippen molar-refractivity contribution in [3.63, 3.8) is 0 Å². The Hall–Kier alpha value is -2.54. The third kappa shape index (κ3) is 3.37. The molecule has 2 aromatic carbocycles. The van der Waals surface area contributed by atoms with Crippen LogP contribution in [0.2, 0.25) is 10.0 Å². The van der Waals surface area contributed by atoms with Gasteiger partial charge in [0, 0.05) is 34.3 Å². The highest BCUT2D eigenvalue weighted by atomic mass is 35.5. The lowest BCUT2D eigenvalue weighted by Crippen LogP contribution is -2.31. The molecule has 2 heterocycles. The predicted octanol–water partition coefficient (Wildman–Crippen LogP) is 4.33. The zero-order chi connectivity index (χ0) is 20.7. The minimum Gasteiger partial charge on any atom is -0.507 e. The Labute approximate surface area is 177 Å². The summed E-state index contributed by atoms with van der Waals surface area (Å²) in [7, 11) is 0. The molecule has 3 N–H and O–H groups in total. The number of nitrogens with zero attached hydrogens (tertiary/aromatic N) is 2. The fraction of sp³-hybridized carbons (Fsp3) is 0.238. The van der Waals surface area contributed by atoms with Crippen LogP contribution in [0.15, 0.2) is 36.4 Å². The van der Waals surface area contributed by atoms with Crippen molar-refractivity contribution < 1.29 is 15.0 Å². The molecule has 3 aromatic rings. The van der Waals surface area contributed by atoms with Gasteiger partial charge in [-0.15, -0.1) is 0 Å².